The number of benzene rings is 1. The van der Waals surface area contributed by atoms with Gasteiger partial charge in [0.25, 0.3) is 0 Å². The summed E-state index contributed by atoms with van der Waals surface area (Å²) < 4.78 is 0. The number of carbonyl (C=O) groups is 4. The van der Waals surface area contributed by atoms with Crippen molar-refractivity contribution in [3.63, 3.8) is 0 Å². The molecule has 5 aliphatic rings. The fourth-order valence-corrected chi connectivity index (χ4v) is 8.51. The van der Waals surface area contributed by atoms with Gasteiger partial charge in [0.05, 0.1) is 10.8 Å². The Kier molecular flexibility index (Phi) is 6.75. The van der Waals surface area contributed by atoms with Crippen LogP contribution in [0.2, 0.25) is 0 Å². The maximum Gasteiger partial charge on any atom is 0.184 e. The summed E-state index contributed by atoms with van der Waals surface area (Å²) in [5.74, 6) is -3.28. The molecule has 8 heteroatoms. The lowest BCUT2D eigenvalue weighted by Gasteiger charge is -2.61. The zero-order valence-corrected chi connectivity index (χ0v) is 25.3. The summed E-state index contributed by atoms with van der Waals surface area (Å²) in [6.07, 6.45) is 1.38. The summed E-state index contributed by atoms with van der Waals surface area (Å²) in [6.45, 7) is 14.2. The molecule has 1 saturated heterocycles. The molecule has 0 radical (unpaired) electrons. The number of hydrogen-bond donors (Lipinski definition) is 1. The Hall–Kier alpha value is -2.52. The van der Waals surface area contributed by atoms with E-state index in [1.807, 2.05) is 33.8 Å². The van der Waals surface area contributed by atoms with E-state index < -0.39 is 68.0 Å². The molecule has 222 valence electrons. The number of carbonyl (C=O) groups excluding carboxylic acids is 4. The minimum atomic E-state index is -2.09. The second-order valence-corrected chi connectivity index (χ2v) is 14.6. The predicted octanol–water partition coefficient (Wildman–Crippen LogP) is 5.74. The van der Waals surface area contributed by atoms with Crippen LogP contribution in [0.4, 0.5) is 0 Å². The van der Waals surface area contributed by atoms with Crippen molar-refractivity contribution in [2.45, 2.75) is 98.4 Å². The Bertz CT molecular complexity index is 1340. The number of Topliss-reactive ketones (excluding diaryl/α,β-unsaturated/α-hetero) is 4. The second-order valence-electron chi connectivity index (χ2n) is 14.6. The summed E-state index contributed by atoms with van der Waals surface area (Å²) in [7, 11) is 0. The highest BCUT2D eigenvalue weighted by Crippen LogP contribution is 2.73. The monoisotopic (exact) mass is 566 g/mol. The Morgan fingerprint density at radius 1 is 1.02 bits per heavy atom. The van der Waals surface area contributed by atoms with E-state index in [4.69, 9.17) is 14.7 Å². The fraction of sp³-hybridized carbons (Fsp3) is 0.636. The van der Waals surface area contributed by atoms with Crippen LogP contribution in [0.3, 0.4) is 0 Å². The van der Waals surface area contributed by atoms with Gasteiger partial charge in [-0.3, -0.25) is 24.4 Å². The minimum absolute atomic E-state index is 0.109. The van der Waals surface area contributed by atoms with Crippen LogP contribution in [0.15, 0.2) is 42.0 Å². The van der Waals surface area contributed by atoms with Gasteiger partial charge in [0, 0.05) is 11.5 Å². The standard InChI is InChI=1S/C33H42O8/c1-19(2)14-15-31-17-21-16-22-29(5,6)41-39-23(30(7,8)40-38)18-32(22,25(31)35)27(37)33(26(31)36,28(21,3)4)24(34)20-12-10-9-11-13-20/h9-14,21-23,38H,15-18H2,1-8H3. The van der Waals surface area contributed by atoms with Gasteiger partial charge in [-0.15, -0.1) is 0 Å². The first kappa shape index (κ1) is 30.0. The largest absolute Gasteiger partial charge is 0.297 e. The van der Waals surface area contributed by atoms with Gasteiger partial charge in [0.15, 0.2) is 28.5 Å². The van der Waals surface area contributed by atoms with E-state index in [1.165, 1.54) is 0 Å². The molecule has 1 aliphatic heterocycles. The minimum Gasteiger partial charge on any atom is -0.297 e. The van der Waals surface area contributed by atoms with Crippen molar-refractivity contribution in [1.29, 1.82) is 0 Å². The lowest BCUT2D eigenvalue weighted by Crippen LogP contribution is -2.76. The van der Waals surface area contributed by atoms with Gasteiger partial charge >= 0.3 is 0 Å². The van der Waals surface area contributed by atoms with Gasteiger partial charge in [0.2, 0.25) is 0 Å². The lowest BCUT2D eigenvalue weighted by atomic mass is 9.36. The van der Waals surface area contributed by atoms with E-state index >= 15 is 14.4 Å². The van der Waals surface area contributed by atoms with Gasteiger partial charge in [-0.05, 0) is 78.6 Å². The summed E-state index contributed by atoms with van der Waals surface area (Å²) in [6, 6.07) is 8.45. The van der Waals surface area contributed by atoms with Crippen molar-refractivity contribution >= 4 is 23.1 Å². The maximum atomic E-state index is 15.5. The fourth-order valence-electron chi connectivity index (χ4n) is 8.51. The molecule has 6 unspecified atom stereocenters. The first-order valence-electron chi connectivity index (χ1n) is 14.5. The van der Waals surface area contributed by atoms with E-state index in [1.54, 1.807) is 58.0 Å². The van der Waals surface area contributed by atoms with E-state index in [2.05, 4.69) is 0 Å². The molecular formula is C33H42O8. The molecule has 4 aliphatic carbocycles. The van der Waals surface area contributed by atoms with Crippen molar-refractivity contribution in [3.8, 4) is 0 Å². The topological polar surface area (TPSA) is 116 Å². The molecule has 4 bridgehead atoms. The highest BCUT2D eigenvalue weighted by Gasteiger charge is 2.85. The van der Waals surface area contributed by atoms with Crippen molar-refractivity contribution in [1.82, 2.24) is 0 Å². The number of rotatable bonds is 6. The van der Waals surface area contributed by atoms with Crippen molar-refractivity contribution in [3.05, 3.63) is 47.5 Å². The number of ketones is 4. The molecule has 0 aromatic heterocycles. The van der Waals surface area contributed by atoms with E-state index in [-0.39, 0.29) is 30.7 Å². The van der Waals surface area contributed by atoms with E-state index in [0.29, 0.717) is 6.42 Å². The molecule has 6 rings (SSSR count). The van der Waals surface area contributed by atoms with Crippen LogP contribution in [0.1, 0.15) is 91.4 Å². The van der Waals surface area contributed by atoms with Gasteiger partial charge in [0.1, 0.15) is 17.3 Å². The molecule has 1 N–H and O–H groups in total. The molecular weight excluding hydrogens is 524 g/mol. The molecule has 6 atom stereocenters. The first-order valence-corrected chi connectivity index (χ1v) is 14.5. The molecule has 4 saturated carbocycles. The highest BCUT2D eigenvalue weighted by molar-refractivity contribution is 6.42. The zero-order chi connectivity index (χ0) is 30.4. The average molecular weight is 567 g/mol. The van der Waals surface area contributed by atoms with Crippen LogP contribution in [-0.2, 0) is 29.0 Å². The van der Waals surface area contributed by atoms with Gasteiger partial charge < -0.3 is 0 Å². The number of hydrogen-bond acceptors (Lipinski definition) is 8. The molecule has 8 nitrogen and oxygen atoms in total. The van der Waals surface area contributed by atoms with E-state index in [9.17, 15) is 10.1 Å². The van der Waals surface area contributed by atoms with Crippen LogP contribution in [0.25, 0.3) is 0 Å². The quantitative estimate of drug-likeness (QED) is 0.152. The predicted molar refractivity (Wildman–Crippen MR) is 150 cm³/mol. The van der Waals surface area contributed by atoms with Crippen LogP contribution < -0.4 is 0 Å². The van der Waals surface area contributed by atoms with Crippen LogP contribution >= 0.6 is 0 Å². The molecule has 1 aromatic rings. The van der Waals surface area contributed by atoms with Crippen LogP contribution in [0.5, 0.6) is 0 Å². The molecule has 41 heavy (non-hydrogen) atoms. The second kappa shape index (κ2) is 9.24. The molecule has 1 spiro atoms. The average Bonchev–Trinajstić information content (AvgIpc) is 3.12. The Balaban J connectivity index is 1.90. The summed E-state index contributed by atoms with van der Waals surface area (Å²) in [5, 5.41) is 9.82. The zero-order valence-electron chi connectivity index (χ0n) is 25.3. The van der Waals surface area contributed by atoms with Crippen molar-refractivity contribution in [2.24, 2.45) is 33.5 Å². The van der Waals surface area contributed by atoms with Crippen LogP contribution in [0, 0.1) is 33.5 Å². The van der Waals surface area contributed by atoms with Crippen molar-refractivity contribution < 1.29 is 39.1 Å². The molecule has 0 amide bonds. The van der Waals surface area contributed by atoms with Crippen LogP contribution in [-0.4, -0.2) is 45.7 Å². The highest BCUT2D eigenvalue weighted by atomic mass is 17.2. The van der Waals surface area contributed by atoms with Gasteiger partial charge in [-0.25, -0.2) is 14.7 Å². The van der Waals surface area contributed by atoms with E-state index in [0.717, 1.165) is 5.57 Å². The van der Waals surface area contributed by atoms with Crippen molar-refractivity contribution in [2.75, 3.05) is 0 Å². The maximum absolute atomic E-state index is 15.5. The Labute approximate surface area is 241 Å². The third-order valence-electron chi connectivity index (χ3n) is 11.0. The molecule has 1 heterocycles. The summed E-state index contributed by atoms with van der Waals surface area (Å²) >= 11 is 0. The number of allylic oxidation sites excluding steroid dienone is 2. The molecule has 1 aromatic carbocycles. The smallest absolute Gasteiger partial charge is 0.184 e. The molecule has 5 fully saturated rings. The summed E-state index contributed by atoms with van der Waals surface area (Å²) in [5.41, 5.74) is -7.86. The third-order valence-corrected chi connectivity index (χ3v) is 11.0. The normalized spacial score (nSPS) is 37.3. The van der Waals surface area contributed by atoms with Gasteiger partial charge in [-0.2, -0.15) is 0 Å². The Morgan fingerprint density at radius 2 is 1.66 bits per heavy atom. The van der Waals surface area contributed by atoms with Gasteiger partial charge in [-0.1, -0.05) is 55.8 Å². The first-order chi connectivity index (χ1) is 19.0. The SMILES string of the molecule is CC(C)=CCC12CC3CC4C(C)(C)OOC(C(C)(C)OO)CC4(C1=O)C(=O)C(C(=O)c1ccccc1)(C2=O)C3(C)C. The lowest BCUT2D eigenvalue weighted by molar-refractivity contribution is -0.424. The Morgan fingerprint density at radius 3 is 2.24 bits per heavy atom. The summed E-state index contributed by atoms with van der Waals surface area (Å²) in [4.78, 5) is 77.3. The third kappa shape index (κ3) is 3.66.